The van der Waals surface area contributed by atoms with E-state index in [1.54, 1.807) is 0 Å². The van der Waals surface area contributed by atoms with E-state index in [-0.39, 0.29) is 11.4 Å². The lowest BCUT2D eigenvalue weighted by Gasteiger charge is -2.47. The fourth-order valence-electron chi connectivity index (χ4n) is 6.66. The van der Waals surface area contributed by atoms with Crippen molar-refractivity contribution in [2.24, 2.45) is 0 Å². The fourth-order valence-corrected chi connectivity index (χ4v) is 6.66. The van der Waals surface area contributed by atoms with Crippen LogP contribution in [0.25, 0.3) is 0 Å². The van der Waals surface area contributed by atoms with E-state index in [0.717, 1.165) is 51.1 Å². The van der Waals surface area contributed by atoms with Gasteiger partial charge in [0.1, 0.15) is 0 Å². The number of rotatable bonds is 5. The second-order valence-corrected chi connectivity index (χ2v) is 10.8. The predicted octanol–water partition coefficient (Wildman–Crippen LogP) is 6.06. The van der Waals surface area contributed by atoms with Crippen LogP contribution in [0.4, 0.5) is 5.69 Å². The molecule has 0 bridgehead atoms. The zero-order valence-corrected chi connectivity index (χ0v) is 21.4. The first-order valence-electron chi connectivity index (χ1n) is 13.7. The molecule has 2 heterocycles. The summed E-state index contributed by atoms with van der Waals surface area (Å²) >= 11 is 0. The average molecular weight is 480 g/mol. The maximum absolute atomic E-state index is 13.3. The number of carbonyl (C=O) groups excluding carboxylic acids is 1. The van der Waals surface area contributed by atoms with E-state index in [1.807, 2.05) is 0 Å². The molecule has 6 rings (SSSR count). The minimum absolute atomic E-state index is 0.178. The van der Waals surface area contributed by atoms with Crippen LogP contribution in [0.1, 0.15) is 66.1 Å². The number of fused-ring (bicyclic) bond motifs is 1. The molecule has 3 aromatic rings. The quantitative estimate of drug-likeness (QED) is 0.445. The average Bonchev–Trinajstić information content (AvgIpc) is 3.29. The minimum Gasteiger partial charge on any atom is -0.369 e. The largest absolute Gasteiger partial charge is 0.369 e. The first kappa shape index (κ1) is 23.3. The Morgan fingerprint density at radius 3 is 1.97 bits per heavy atom. The predicted molar refractivity (Wildman–Crippen MR) is 146 cm³/mol. The van der Waals surface area contributed by atoms with Crippen LogP contribution in [0, 0.1) is 0 Å². The zero-order chi connectivity index (χ0) is 24.5. The molecule has 0 aromatic heterocycles. The highest BCUT2D eigenvalue weighted by atomic mass is 16.2. The van der Waals surface area contributed by atoms with Crippen LogP contribution in [0.5, 0.6) is 0 Å². The van der Waals surface area contributed by atoms with Crippen molar-refractivity contribution in [2.45, 2.75) is 57.2 Å². The summed E-state index contributed by atoms with van der Waals surface area (Å²) in [6.07, 6.45) is 6.15. The van der Waals surface area contributed by atoms with Gasteiger partial charge >= 0.3 is 0 Å². The lowest BCUT2D eigenvalue weighted by molar-refractivity contribution is 0.0660. The normalized spacial score (nSPS) is 19.5. The van der Waals surface area contributed by atoms with E-state index < -0.39 is 0 Å². The summed E-state index contributed by atoms with van der Waals surface area (Å²) in [5, 5.41) is 0. The molecule has 0 unspecified atom stereocenters. The summed E-state index contributed by atoms with van der Waals surface area (Å²) < 4.78 is 0. The summed E-state index contributed by atoms with van der Waals surface area (Å²) in [6.45, 7) is 7.00. The molecule has 36 heavy (non-hydrogen) atoms. The third-order valence-corrected chi connectivity index (χ3v) is 8.89. The molecule has 3 aliphatic rings. The van der Waals surface area contributed by atoms with E-state index in [4.69, 9.17) is 0 Å². The first-order chi connectivity index (χ1) is 17.6. The Morgan fingerprint density at radius 1 is 0.750 bits per heavy atom. The van der Waals surface area contributed by atoms with Gasteiger partial charge in [-0.1, -0.05) is 86.0 Å². The van der Waals surface area contributed by atoms with Crippen molar-refractivity contribution in [3.05, 3.63) is 101 Å². The van der Waals surface area contributed by atoms with Crippen molar-refractivity contribution in [2.75, 3.05) is 31.1 Å². The van der Waals surface area contributed by atoms with Gasteiger partial charge in [0.15, 0.2) is 0 Å². The van der Waals surface area contributed by atoms with Crippen LogP contribution in [-0.4, -0.2) is 47.9 Å². The Morgan fingerprint density at radius 2 is 1.36 bits per heavy atom. The Bertz CT molecular complexity index is 1160. The Kier molecular flexibility index (Phi) is 6.30. The van der Waals surface area contributed by atoms with Crippen LogP contribution in [-0.2, 0) is 12.1 Å². The molecule has 0 radical (unpaired) electrons. The van der Waals surface area contributed by atoms with Crippen LogP contribution in [0.2, 0.25) is 0 Å². The van der Waals surface area contributed by atoms with E-state index in [2.05, 4.69) is 100 Å². The van der Waals surface area contributed by atoms with Crippen LogP contribution in [0.3, 0.4) is 0 Å². The Hall–Kier alpha value is -3.11. The molecule has 0 spiro atoms. The number of piperazine rings is 1. The molecule has 2 fully saturated rings. The summed E-state index contributed by atoms with van der Waals surface area (Å²) in [6, 6.07) is 28.8. The van der Waals surface area contributed by atoms with Gasteiger partial charge in [0.05, 0.1) is 5.54 Å². The number of nitrogens with zero attached hydrogens (tertiary/aromatic N) is 3. The molecule has 186 valence electrons. The maximum atomic E-state index is 13.3. The fraction of sp³-hybridized carbons (Fsp3) is 0.406. The van der Waals surface area contributed by atoms with Crippen LogP contribution >= 0.6 is 0 Å². The molecule has 4 heteroatoms. The molecule has 1 amide bonds. The summed E-state index contributed by atoms with van der Waals surface area (Å²) in [5.74, 6) is 0.248. The van der Waals surface area contributed by atoms with Crippen molar-refractivity contribution in [3.8, 4) is 0 Å². The second-order valence-electron chi connectivity index (χ2n) is 10.8. The van der Waals surface area contributed by atoms with Gasteiger partial charge in [-0.3, -0.25) is 9.69 Å². The van der Waals surface area contributed by atoms with Gasteiger partial charge in [-0.25, -0.2) is 0 Å². The summed E-state index contributed by atoms with van der Waals surface area (Å²) in [7, 11) is 0. The van der Waals surface area contributed by atoms with Crippen molar-refractivity contribution in [1.82, 2.24) is 9.80 Å². The van der Waals surface area contributed by atoms with Gasteiger partial charge in [0.25, 0.3) is 5.91 Å². The number of carbonyl (C=O) groups is 1. The van der Waals surface area contributed by atoms with Gasteiger partial charge in [-0.15, -0.1) is 0 Å². The van der Waals surface area contributed by atoms with Crippen molar-refractivity contribution >= 4 is 11.6 Å². The summed E-state index contributed by atoms with van der Waals surface area (Å²) in [5.41, 5.74) is 5.80. The first-order valence-corrected chi connectivity index (χ1v) is 13.7. The highest BCUT2D eigenvalue weighted by molar-refractivity contribution is 5.99. The molecular weight excluding hydrogens is 442 g/mol. The van der Waals surface area contributed by atoms with Gasteiger partial charge < -0.3 is 9.80 Å². The lowest BCUT2D eigenvalue weighted by atomic mass is 9.82. The molecule has 1 saturated carbocycles. The number of benzene rings is 3. The molecule has 2 aliphatic heterocycles. The second kappa shape index (κ2) is 9.74. The van der Waals surface area contributed by atoms with Crippen molar-refractivity contribution < 1.29 is 4.79 Å². The molecule has 0 atom stereocenters. The Labute approximate surface area is 215 Å². The SMILES string of the molecule is CC(c1ccccc1)(c1ccccc1)N1CCN(c2ccc3c(c2)C(=O)N(C2CCCCC2)C3)CC1. The van der Waals surface area contributed by atoms with E-state index in [1.165, 1.54) is 41.6 Å². The highest BCUT2D eigenvalue weighted by Gasteiger charge is 2.38. The Balaban J connectivity index is 1.20. The van der Waals surface area contributed by atoms with E-state index in [9.17, 15) is 4.79 Å². The van der Waals surface area contributed by atoms with Crippen LogP contribution < -0.4 is 4.90 Å². The van der Waals surface area contributed by atoms with Crippen LogP contribution in [0.15, 0.2) is 78.9 Å². The lowest BCUT2D eigenvalue weighted by Crippen LogP contribution is -2.55. The van der Waals surface area contributed by atoms with E-state index >= 15 is 0 Å². The number of amides is 1. The van der Waals surface area contributed by atoms with Gasteiger partial charge in [0, 0.05) is 50.0 Å². The highest BCUT2D eigenvalue weighted by Crippen LogP contribution is 2.37. The standard InChI is InChI=1S/C32H37N3O/c1-32(26-11-5-2-6-12-26,27-13-7-3-8-14-27)34-21-19-33(20-22-34)29-18-17-25-24-35(31(36)30(25)23-29)28-15-9-4-10-16-28/h2-3,5-8,11-14,17-18,23,28H,4,9-10,15-16,19-22,24H2,1H3. The number of hydrogen-bond acceptors (Lipinski definition) is 3. The molecule has 4 nitrogen and oxygen atoms in total. The van der Waals surface area contributed by atoms with E-state index in [0.29, 0.717) is 6.04 Å². The maximum Gasteiger partial charge on any atom is 0.254 e. The van der Waals surface area contributed by atoms with Gasteiger partial charge in [0.2, 0.25) is 0 Å². The third-order valence-electron chi connectivity index (χ3n) is 8.89. The monoisotopic (exact) mass is 479 g/mol. The molecule has 0 N–H and O–H groups in total. The molecular formula is C32H37N3O. The minimum atomic E-state index is -0.178. The van der Waals surface area contributed by atoms with Gasteiger partial charge in [-0.05, 0) is 48.6 Å². The number of hydrogen-bond donors (Lipinski definition) is 0. The number of anilines is 1. The van der Waals surface area contributed by atoms with Crippen molar-refractivity contribution in [1.29, 1.82) is 0 Å². The third kappa shape index (κ3) is 4.12. The van der Waals surface area contributed by atoms with Crippen molar-refractivity contribution in [3.63, 3.8) is 0 Å². The smallest absolute Gasteiger partial charge is 0.254 e. The van der Waals surface area contributed by atoms with Gasteiger partial charge in [-0.2, -0.15) is 0 Å². The topological polar surface area (TPSA) is 26.8 Å². The molecule has 1 saturated heterocycles. The zero-order valence-electron chi connectivity index (χ0n) is 21.4. The molecule has 1 aliphatic carbocycles. The molecule has 3 aromatic carbocycles. The summed E-state index contributed by atoms with van der Waals surface area (Å²) in [4.78, 5) is 20.6.